The summed E-state index contributed by atoms with van der Waals surface area (Å²) in [6.07, 6.45) is -4.00. The van der Waals surface area contributed by atoms with E-state index in [9.17, 15) is 27.2 Å². The molecule has 12 heteroatoms. The van der Waals surface area contributed by atoms with E-state index in [1.165, 1.54) is 12.1 Å². The van der Waals surface area contributed by atoms with Crippen LogP contribution in [0.25, 0.3) is 0 Å². The van der Waals surface area contributed by atoms with Gasteiger partial charge in [0.1, 0.15) is 11.4 Å². The van der Waals surface area contributed by atoms with Crippen LogP contribution in [0.5, 0.6) is 0 Å². The van der Waals surface area contributed by atoms with Crippen molar-refractivity contribution in [2.45, 2.75) is 70.9 Å². The fourth-order valence-corrected chi connectivity index (χ4v) is 4.65. The molecule has 202 valence electrons. The molecular weight excluding hydrogens is 494 g/mol. The predicted molar refractivity (Wildman–Crippen MR) is 127 cm³/mol. The van der Waals surface area contributed by atoms with E-state index in [2.05, 4.69) is 10.00 Å². The molecule has 0 atom stereocenters. The van der Waals surface area contributed by atoms with Gasteiger partial charge in [0.15, 0.2) is 0 Å². The van der Waals surface area contributed by atoms with Crippen molar-refractivity contribution < 1.29 is 31.9 Å². The van der Waals surface area contributed by atoms with E-state index in [4.69, 9.17) is 4.74 Å². The molecule has 8 nitrogen and oxygen atoms in total. The first-order chi connectivity index (χ1) is 17.3. The summed E-state index contributed by atoms with van der Waals surface area (Å²) in [6.45, 7) is 9.11. The molecule has 0 bridgehead atoms. The number of nitrogens with zero attached hydrogens (tertiary/aromatic N) is 4. The van der Waals surface area contributed by atoms with Crippen molar-refractivity contribution >= 4 is 17.7 Å². The van der Waals surface area contributed by atoms with Crippen LogP contribution in [0, 0.1) is 5.82 Å². The Bertz CT molecular complexity index is 1150. The predicted octanol–water partition coefficient (Wildman–Crippen LogP) is 4.65. The molecule has 37 heavy (non-hydrogen) atoms. The second-order valence-electron chi connectivity index (χ2n) is 10.5. The highest BCUT2D eigenvalue weighted by molar-refractivity contribution is 5.94. The highest BCUT2D eigenvalue weighted by atomic mass is 19.4. The van der Waals surface area contributed by atoms with Crippen LogP contribution in [-0.4, -0.2) is 63.0 Å². The van der Waals surface area contributed by atoms with E-state index in [1.807, 2.05) is 31.5 Å². The minimum Gasteiger partial charge on any atom is -0.444 e. The molecule has 1 fully saturated rings. The number of piperidine rings is 1. The maximum absolute atomic E-state index is 14.6. The standard InChI is InChI=1S/C25H31F4N5O3/c1-24(2,3)37-23(36)33-10-11-34-19(15-33)12-18(31-34)14-32-8-6-16(7-9-32)20-5-4-17(13-21(20)26)30-22(35)25(27,28)29/h4-5,12-13,16H,6-11,14-15H2,1-3H3,(H,30,35). The van der Waals surface area contributed by atoms with E-state index >= 15 is 0 Å². The van der Waals surface area contributed by atoms with Crippen LogP contribution in [0.15, 0.2) is 24.3 Å². The zero-order valence-corrected chi connectivity index (χ0v) is 21.1. The lowest BCUT2D eigenvalue weighted by atomic mass is 9.89. The summed E-state index contributed by atoms with van der Waals surface area (Å²) in [5.74, 6) is -2.83. The quantitative estimate of drug-likeness (QED) is 0.588. The molecule has 0 spiro atoms. The number of likely N-dealkylation sites (tertiary alicyclic amines) is 1. The fraction of sp³-hybridized carbons (Fsp3) is 0.560. The molecule has 1 N–H and O–H groups in total. The highest BCUT2D eigenvalue weighted by Crippen LogP contribution is 2.32. The Morgan fingerprint density at radius 2 is 1.78 bits per heavy atom. The van der Waals surface area contributed by atoms with Gasteiger partial charge in [-0.2, -0.15) is 18.3 Å². The molecule has 3 heterocycles. The third-order valence-corrected chi connectivity index (χ3v) is 6.43. The Labute approximate surface area is 212 Å². The van der Waals surface area contributed by atoms with E-state index in [0.717, 1.165) is 17.5 Å². The topological polar surface area (TPSA) is 79.7 Å². The average molecular weight is 526 g/mol. The van der Waals surface area contributed by atoms with Crippen LogP contribution in [0.4, 0.5) is 28.0 Å². The molecule has 1 saturated heterocycles. The van der Waals surface area contributed by atoms with Crippen molar-refractivity contribution in [1.29, 1.82) is 0 Å². The van der Waals surface area contributed by atoms with Gasteiger partial charge in [-0.05, 0) is 76.4 Å². The number of anilines is 1. The summed E-state index contributed by atoms with van der Waals surface area (Å²) in [7, 11) is 0. The van der Waals surface area contributed by atoms with Gasteiger partial charge in [-0.1, -0.05) is 6.07 Å². The van der Waals surface area contributed by atoms with Gasteiger partial charge in [0.2, 0.25) is 0 Å². The lowest BCUT2D eigenvalue weighted by Crippen LogP contribution is -2.41. The summed E-state index contributed by atoms with van der Waals surface area (Å²) in [4.78, 5) is 27.4. The first-order valence-electron chi connectivity index (χ1n) is 12.2. The summed E-state index contributed by atoms with van der Waals surface area (Å²) >= 11 is 0. The zero-order valence-electron chi connectivity index (χ0n) is 21.1. The van der Waals surface area contributed by atoms with Gasteiger partial charge in [-0.15, -0.1) is 0 Å². The van der Waals surface area contributed by atoms with Gasteiger partial charge < -0.3 is 15.0 Å². The third-order valence-electron chi connectivity index (χ3n) is 6.43. The first kappa shape index (κ1) is 26.9. The van der Waals surface area contributed by atoms with Crippen LogP contribution < -0.4 is 5.32 Å². The maximum Gasteiger partial charge on any atom is 0.471 e. The monoisotopic (exact) mass is 525 g/mol. The van der Waals surface area contributed by atoms with Crippen molar-refractivity contribution in [2.24, 2.45) is 0 Å². The number of alkyl halides is 3. The molecule has 2 aromatic rings. The molecule has 0 unspecified atom stereocenters. The SMILES string of the molecule is CC(C)(C)OC(=O)N1CCn2nc(CN3CCC(c4ccc(NC(=O)C(F)(F)F)cc4F)CC3)cc2C1. The molecule has 2 aliphatic rings. The zero-order chi connectivity index (χ0) is 27.0. The Morgan fingerprint density at radius 3 is 2.41 bits per heavy atom. The number of amides is 2. The molecule has 0 aliphatic carbocycles. The van der Waals surface area contributed by atoms with Crippen molar-refractivity contribution in [3.8, 4) is 0 Å². The number of carbonyl (C=O) groups is 2. The molecule has 1 aromatic heterocycles. The van der Waals surface area contributed by atoms with Gasteiger partial charge in [0.25, 0.3) is 0 Å². The minimum atomic E-state index is -5.03. The van der Waals surface area contributed by atoms with Gasteiger partial charge >= 0.3 is 18.2 Å². The van der Waals surface area contributed by atoms with Gasteiger partial charge in [-0.25, -0.2) is 9.18 Å². The average Bonchev–Trinajstić information content (AvgIpc) is 3.19. The molecule has 0 radical (unpaired) electrons. The Morgan fingerprint density at radius 1 is 1.08 bits per heavy atom. The Balaban J connectivity index is 1.30. The van der Waals surface area contributed by atoms with Crippen LogP contribution in [0.1, 0.15) is 56.5 Å². The van der Waals surface area contributed by atoms with Crippen molar-refractivity contribution in [1.82, 2.24) is 19.6 Å². The summed E-state index contributed by atoms with van der Waals surface area (Å²) in [5, 5.41) is 6.35. The van der Waals surface area contributed by atoms with Crippen LogP contribution in [0.2, 0.25) is 0 Å². The second kappa shape index (κ2) is 10.3. The molecular formula is C25H31F4N5O3. The summed E-state index contributed by atoms with van der Waals surface area (Å²) in [5.41, 5.74) is 1.50. The maximum atomic E-state index is 14.6. The van der Waals surface area contributed by atoms with E-state index < -0.39 is 23.5 Å². The van der Waals surface area contributed by atoms with Crippen LogP contribution in [0.3, 0.4) is 0 Å². The van der Waals surface area contributed by atoms with Gasteiger partial charge in [0.05, 0.1) is 24.5 Å². The van der Waals surface area contributed by atoms with Gasteiger partial charge in [0, 0.05) is 18.8 Å². The number of hydrogen-bond donors (Lipinski definition) is 1. The number of ether oxygens (including phenoxy) is 1. The van der Waals surface area contributed by atoms with E-state index in [-0.39, 0.29) is 17.7 Å². The lowest BCUT2D eigenvalue weighted by molar-refractivity contribution is -0.167. The van der Waals surface area contributed by atoms with Crippen molar-refractivity contribution in [2.75, 3.05) is 25.0 Å². The highest BCUT2D eigenvalue weighted by Gasteiger charge is 2.38. The summed E-state index contributed by atoms with van der Waals surface area (Å²) in [6, 6.07) is 5.67. The number of aromatic nitrogens is 2. The Kier molecular flexibility index (Phi) is 7.50. The lowest BCUT2D eigenvalue weighted by Gasteiger charge is -2.31. The smallest absolute Gasteiger partial charge is 0.444 e. The van der Waals surface area contributed by atoms with E-state index in [1.54, 1.807) is 10.2 Å². The second-order valence-corrected chi connectivity index (χ2v) is 10.5. The minimum absolute atomic E-state index is 0.0683. The number of nitrogens with one attached hydrogen (secondary N) is 1. The molecule has 1 aromatic carbocycles. The first-order valence-corrected chi connectivity index (χ1v) is 12.2. The molecule has 2 amide bonds. The number of rotatable bonds is 4. The number of hydrogen-bond acceptors (Lipinski definition) is 5. The van der Waals surface area contributed by atoms with Crippen molar-refractivity contribution in [3.63, 3.8) is 0 Å². The Hall–Kier alpha value is -3.15. The molecule has 4 rings (SSSR count). The summed E-state index contributed by atoms with van der Waals surface area (Å²) < 4.78 is 59.3. The van der Waals surface area contributed by atoms with E-state index in [0.29, 0.717) is 57.7 Å². The van der Waals surface area contributed by atoms with Crippen molar-refractivity contribution in [3.05, 3.63) is 47.0 Å². The van der Waals surface area contributed by atoms with Gasteiger partial charge in [-0.3, -0.25) is 14.4 Å². The number of fused-ring (bicyclic) bond motifs is 1. The van der Waals surface area contributed by atoms with Crippen LogP contribution in [-0.2, 0) is 29.2 Å². The number of benzene rings is 1. The fourth-order valence-electron chi connectivity index (χ4n) is 4.65. The molecule has 2 aliphatic heterocycles. The normalized spacial score (nSPS) is 17.4. The third kappa shape index (κ3) is 6.79. The number of halogens is 4. The largest absolute Gasteiger partial charge is 0.471 e. The van der Waals surface area contributed by atoms with Crippen LogP contribution >= 0.6 is 0 Å². The number of carbonyl (C=O) groups excluding carboxylic acids is 2. The molecule has 0 saturated carbocycles.